The molecule has 9 heteroatoms. The van der Waals surface area contributed by atoms with Gasteiger partial charge in [-0.1, -0.05) is 73.5 Å². The lowest BCUT2D eigenvalue weighted by atomic mass is 10.1. The van der Waals surface area contributed by atoms with Gasteiger partial charge in [-0.05, 0) is 68.1 Å². The Morgan fingerprint density at radius 1 is 0.974 bits per heavy atom. The van der Waals surface area contributed by atoms with Gasteiger partial charge in [-0.2, -0.15) is 0 Å². The van der Waals surface area contributed by atoms with Gasteiger partial charge < -0.3 is 10.2 Å². The van der Waals surface area contributed by atoms with E-state index in [2.05, 4.69) is 5.32 Å². The fraction of sp³-hybridized carbons (Fsp3) is 0.333. The molecule has 0 heterocycles. The maximum Gasteiger partial charge on any atom is 0.264 e. The molecule has 1 unspecified atom stereocenters. The van der Waals surface area contributed by atoms with Crippen LogP contribution in [0.4, 0.5) is 5.69 Å². The Kier molecular flexibility index (Phi) is 10.9. The number of unbranched alkanes of at least 4 members (excludes halogenated alkanes) is 1. The Morgan fingerprint density at radius 3 is 2.23 bits per heavy atom. The Hall–Kier alpha value is -3.36. The number of rotatable bonds is 13. The summed E-state index contributed by atoms with van der Waals surface area (Å²) in [7, 11) is -4.11. The molecule has 0 saturated carbocycles. The van der Waals surface area contributed by atoms with E-state index in [1.165, 1.54) is 17.0 Å². The van der Waals surface area contributed by atoms with Crippen molar-refractivity contribution < 1.29 is 18.0 Å². The average molecular weight is 570 g/mol. The number of hydrogen-bond donors (Lipinski definition) is 1. The zero-order chi connectivity index (χ0) is 28.4. The van der Waals surface area contributed by atoms with E-state index in [-0.39, 0.29) is 17.3 Å². The SMILES string of the molecule is CCCCNC(=O)C(C)N(CCc1ccccc1)C(=O)CN(c1ccc(Cl)cc1C)S(=O)(=O)c1ccccc1. The summed E-state index contributed by atoms with van der Waals surface area (Å²) in [4.78, 5) is 28.4. The van der Waals surface area contributed by atoms with Crippen LogP contribution < -0.4 is 9.62 Å². The lowest BCUT2D eigenvalue weighted by Gasteiger charge is -2.32. The highest BCUT2D eigenvalue weighted by molar-refractivity contribution is 7.92. The normalized spacial score (nSPS) is 12.0. The van der Waals surface area contributed by atoms with Crippen LogP contribution in [0.3, 0.4) is 0 Å². The molecule has 3 aromatic carbocycles. The zero-order valence-electron chi connectivity index (χ0n) is 22.6. The number of hydrogen-bond acceptors (Lipinski definition) is 4. The third-order valence-electron chi connectivity index (χ3n) is 6.52. The van der Waals surface area contributed by atoms with E-state index < -0.39 is 28.5 Å². The van der Waals surface area contributed by atoms with Crippen LogP contribution in [0.25, 0.3) is 0 Å². The van der Waals surface area contributed by atoms with E-state index in [1.807, 2.05) is 37.3 Å². The van der Waals surface area contributed by atoms with Crippen molar-refractivity contribution in [3.63, 3.8) is 0 Å². The van der Waals surface area contributed by atoms with E-state index in [0.29, 0.717) is 29.2 Å². The molecule has 0 aliphatic heterocycles. The summed E-state index contributed by atoms with van der Waals surface area (Å²) in [5.74, 6) is -0.747. The van der Waals surface area contributed by atoms with Crippen LogP contribution in [0.5, 0.6) is 0 Å². The zero-order valence-corrected chi connectivity index (χ0v) is 24.2. The molecule has 208 valence electrons. The van der Waals surface area contributed by atoms with Crippen LogP contribution in [-0.2, 0) is 26.0 Å². The predicted molar refractivity (Wildman–Crippen MR) is 156 cm³/mol. The summed E-state index contributed by atoms with van der Waals surface area (Å²) in [5, 5.41) is 3.35. The number of aryl methyl sites for hydroxylation is 1. The van der Waals surface area contributed by atoms with E-state index in [9.17, 15) is 18.0 Å². The number of nitrogens with zero attached hydrogens (tertiary/aromatic N) is 2. The molecule has 2 amide bonds. The van der Waals surface area contributed by atoms with Gasteiger partial charge in [0.2, 0.25) is 11.8 Å². The van der Waals surface area contributed by atoms with Crippen molar-refractivity contribution in [1.82, 2.24) is 10.2 Å². The summed E-state index contributed by atoms with van der Waals surface area (Å²) >= 11 is 6.15. The third-order valence-corrected chi connectivity index (χ3v) is 8.53. The number of nitrogens with one attached hydrogen (secondary N) is 1. The molecule has 1 N–H and O–H groups in total. The summed E-state index contributed by atoms with van der Waals surface area (Å²) in [6, 6.07) is 21.7. The maximum absolute atomic E-state index is 13.9. The van der Waals surface area contributed by atoms with E-state index >= 15 is 0 Å². The highest BCUT2D eigenvalue weighted by Crippen LogP contribution is 2.29. The van der Waals surface area contributed by atoms with E-state index in [1.54, 1.807) is 50.2 Å². The summed E-state index contributed by atoms with van der Waals surface area (Å²) in [6.07, 6.45) is 2.28. The quantitative estimate of drug-likeness (QED) is 0.286. The molecule has 3 aromatic rings. The van der Waals surface area contributed by atoms with Crippen molar-refractivity contribution in [2.75, 3.05) is 23.9 Å². The fourth-order valence-electron chi connectivity index (χ4n) is 4.24. The molecule has 0 aliphatic carbocycles. The van der Waals surface area contributed by atoms with Crippen molar-refractivity contribution in [3.05, 3.63) is 95.0 Å². The van der Waals surface area contributed by atoms with Gasteiger partial charge in [-0.3, -0.25) is 13.9 Å². The number of halogens is 1. The first-order valence-electron chi connectivity index (χ1n) is 13.1. The monoisotopic (exact) mass is 569 g/mol. The maximum atomic E-state index is 13.9. The molecule has 0 radical (unpaired) electrons. The lowest BCUT2D eigenvalue weighted by molar-refractivity contribution is -0.138. The van der Waals surface area contributed by atoms with Crippen LogP contribution in [0, 0.1) is 6.92 Å². The largest absolute Gasteiger partial charge is 0.354 e. The van der Waals surface area contributed by atoms with Gasteiger partial charge in [0, 0.05) is 18.1 Å². The first-order valence-corrected chi connectivity index (χ1v) is 14.9. The van der Waals surface area contributed by atoms with Gasteiger partial charge >= 0.3 is 0 Å². The Morgan fingerprint density at radius 2 is 1.62 bits per heavy atom. The molecule has 0 spiro atoms. The molecular weight excluding hydrogens is 534 g/mol. The van der Waals surface area contributed by atoms with Crippen molar-refractivity contribution >= 4 is 39.1 Å². The van der Waals surface area contributed by atoms with Crippen molar-refractivity contribution in [1.29, 1.82) is 0 Å². The third kappa shape index (κ3) is 8.07. The number of anilines is 1. The number of carbonyl (C=O) groups is 2. The summed E-state index contributed by atoms with van der Waals surface area (Å²) < 4.78 is 28.8. The van der Waals surface area contributed by atoms with Crippen LogP contribution >= 0.6 is 11.6 Å². The molecule has 0 bridgehead atoms. The fourth-order valence-corrected chi connectivity index (χ4v) is 5.96. The summed E-state index contributed by atoms with van der Waals surface area (Å²) in [6.45, 7) is 5.75. The number of sulfonamides is 1. The lowest BCUT2D eigenvalue weighted by Crippen LogP contribution is -2.52. The highest BCUT2D eigenvalue weighted by atomic mass is 35.5. The molecule has 0 saturated heterocycles. The van der Waals surface area contributed by atoms with Crippen LogP contribution in [0.1, 0.15) is 37.8 Å². The second-order valence-corrected chi connectivity index (χ2v) is 11.7. The van der Waals surface area contributed by atoms with Gasteiger partial charge in [-0.15, -0.1) is 0 Å². The Balaban J connectivity index is 1.97. The molecular formula is C30H36ClN3O4S. The Labute approximate surface area is 236 Å². The standard InChI is InChI=1S/C30H36ClN3O4S/c1-4-5-19-32-30(36)24(3)33(20-18-25-12-8-6-9-13-25)29(35)22-34(28-17-16-26(31)21-23(28)2)39(37,38)27-14-10-7-11-15-27/h6-17,21,24H,4-5,18-20,22H2,1-3H3,(H,32,36). The minimum atomic E-state index is -4.11. The topological polar surface area (TPSA) is 86.8 Å². The first kappa shape index (κ1) is 30.2. The second-order valence-electron chi connectivity index (χ2n) is 9.40. The average Bonchev–Trinajstić information content (AvgIpc) is 2.93. The number of amides is 2. The molecule has 1 atom stereocenters. The molecule has 0 aromatic heterocycles. The predicted octanol–water partition coefficient (Wildman–Crippen LogP) is 5.22. The van der Waals surface area contributed by atoms with Gasteiger partial charge in [0.1, 0.15) is 12.6 Å². The molecule has 3 rings (SSSR count). The van der Waals surface area contributed by atoms with Crippen LogP contribution in [0.15, 0.2) is 83.8 Å². The number of carbonyl (C=O) groups excluding carboxylic acids is 2. The molecule has 0 fully saturated rings. The van der Waals surface area contributed by atoms with Crippen molar-refractivity contribution in [3.8, 4) is 0 Å². The Bertz CT molecular complexity index is 1350. The summed E-state index contributed by atoms with van der Waals surface area (Å²) in [5.41, 5.74) is 1.96. The highest BCUT2D eigenvalue weighted by Gasteiger charge is 2.32. The van der Waals surface area contributed by atoms with Crippen LogP contribution in [-0.4, -0.2) is 50.8 Å². The molecule has 7 nitrogen and oxygen atoms in total. The van der Waals surface area contributed by atoms with Gasteiger partial charge in [0.15, 0.2) is 0 Å². The minimum Gasteiger partial charge on any atom is -0.354 e. The first-order chi connectivity index (χ1) is 18.6. The van der Waals surface area contributed by atoms with Gasteiger partial charge in [0.05, 0.1) is 10.6 Å². The van der Waals surface area contributed by atoms with Crippen LogP contribution in [0.2, 0.25) is 5.02 Å². The molecule has 39 heavy (non-hydrogen) atoms. The minimum absolute atomic E-state index is 0.0633. The van der Waals surface area contributed by atoms with E-state index in [4.69, 9.17) is 11.6 Å². The van der Waals surface area contributed by atoms with E-state index in [0.717, 1.165) is 22.7 Å². The second kappa shape index (κ2) is 14.1. The van der Waals surface area contributed by atoms with Gasteiger partial charge in [-0.25, -0.2) is 8.42 Å². The van der Waals surface area contributed by atoms with Crippen molar-refractivity contribution in [2.24, 2.45) is 0 Å². The van der Waals surface area contributed by atoms with Crippen molar-refractivity contribution in [2.45, 2.75) is 51.0 Å². The smallest absolute Gasteiger partial charge is 0.264 e. The number of benzene rings is 3. The van der Waals surface area contributed by atoms with Gasteiger partial charge in [0.25, 0.3) is 10.0 Å². The molecule has 0 aliphatic rings.